The fourth-order valence-electron chi connectivity index (χ4n) is 2.19. The van der Waals surface area contributed by atoms with Gasteiger partial charge in [0.25, 0.3) is 10.0 Å². The zero-order chi connectivity index (χ0) is 14.2. The summed E-state index contributed by atoms with van der Waals surface area (Å²) in [7, 11) is -3.50. The van der Waals surface area contributed by atoms with Gasteiger partial charge in [0.2, 0.25) is 0 Å². The summed E-state index contributed by atoms with van der Waals surface area (Å²) in [6, 6.07) is 9.05. The van der Waals surface area contributed by atoms with E-state index in [4.69, 9.17) is 0 Å². The van der Waals surface area contributed by atoms with E-state index in [1.165, 1.54) is 16.9 Å². The summed E-state index contributed by atoms with van der Waals surface area (Å²) in [4.78, 5) is 0. The molecule has 0 saturated carbocycles. The Kier molecular flexibility index (Phi) is 3.85. The van der Waals surface area contributed by atoms with Crippen LogP contribution in [0.5, 0.6) is 0 Å². The fraction of sp³-hybridized carbons (Fsp3) is 0.231. The molecule has 106 valence electrons. The standard InChI is InChI=1S/C13H13BrN2O2S2/c14-12-3-4-13(19-12)20(17,18)16-11-2-1-9-5-6-15-8-10(9)7-11/h1-4,7,15-16H,5-6,8H2. The topological polar surface area (TPSA) is 58.2 Å². The van der Waals surface area contributed by atoms with E-state index in [-0.39, 0.29) is 0 Å². The summed E-state index contributed by atoms with van der Waals surface area (Å²) < 4.78 is 28.2. The molecule has 2 N–H and O–H groups in total. The van der Waals surface area contributed by atoms with Crippen LogP contribution in [0, 0.1) is 0 Å². The molecule has 0 spiro atoms. The molecular weight excluding hydrogens is 360 g/mol. The Bertz CT molecular complexity index is 741. The summed E-state index contributed by atoms with van der Waals surface area (Å²) >= 11 is 4.47. The second-order valence-electron chi connectivity index (χ2n) is 4.57. The molecule has 0 amide bonds. The zero-order valence-electron chi connectivity index (χ0n) is 10.5. The first-order valence-corrected chi connectivity index (χ1v) is 9.24. The molecule has 1 aliphatic rings. The van der Waals surface area contributed by atoms with Crippen molar-refractivity contribution in [2.24, 2.45) is 0 Å². The van der Waals surface area contributed by atoms with Gasteiger partial charge in [-0.3, -0.25) is 4.72 Å². The smallest absolute Gasteiger partial charge is 0.271 e. The van der Waals surface area contributed by atoms with Crippen LogP contribution in [0.3, 0.4) is 0 Å². The Hall–Kier alpha value is -0.890. The number of sulfonamides is 1. The number of hydrogen-bond donors (Lipinski definition) is 2. The molecule has 3 rings (SSSR count). The zero-order valence-corrected chi connectivity index (χ0v) is 13.7. The average Bonchev–Trinajstić information content (AvgIpc) is 2.86. The molecule has 0 atom stereocenters. The molecule has 0 unspecified atom stereocenters. The highest BCUT2D eigenvalue weighted by Gasteiger charge is 2.17. The van der Waals surface area contributed by atoms with E-state index in [1.807, 2.05) is 18.2 Å². The van der Waals surface area contributed by atoms with Crippen LogP contribution in [0.2, 0.25) is 0 Å². The van der Waals surface area contributed by atoms with Gasteiger partial charge in [0, 0.05) is 12.2 Å². The van der Waals surface area contributed by atoms with Crippen LogP contribution < -0.4 is 10.0 Å². The molecule has 0 radical (unpaired) electrons. The minimum atomic E-state index is -3.50. The van der Waals surface area contributed by atoms with Crippen molar-refractivity contribution in [2.75, 3.05) is 11.3 Å². The van der Waals surface area contributed by atoms with Crippen molar-refractivity contribution in [2.45, 2.75) is 17.2 Å². The van der Waals surface area contributed by atoms with Crippen molar-refractivity contribution in [1.29, 1.82) is 0 Å². The summed E-state index contributed by atoms with van der Waals surface area (Å²) in [6.07, 6.45) is 0.986. The summed E-state index contributed by atoms with van der Waals surface area (Å²) in [6.45, 7) is 1.76. The van der Waals surface area contributed by atoms with Crippen molar-refractivity contribution in [3.63, 3.8) is 0 Å². The second kappa shape index (κ2) is 5.48. The minimum Gasteiger partial charge on any atom is -0.312 e. The predicted molar refractivity (Wildman–Crippen MR) is 84.7 cm³/mol. The summed E-state index contributed by atoms with van der Waals surface area (Å²) in [5.74, 6) is 0. The quantitative estimate of drug-likeness (QED) is 0.870. The molecule has 20 heavy (non-hydrogen) atoms. The molecule has 1 aromatic carbocycles. The van der Waals surface area contributed by atoms with Crippen LogP contribution in [0.15, 0.2) is 38.3 Å². The third kappa shape index (κ3) is 2.90. The molecule has 7 heteroatoms. The number of anilines is 1. The van der Waals surface area contributed by atoms with Crippen molar-refractivity contribution >= 4 is 43.0 Å². The number of rotatable bonds is 3. The summed E-state index contributed by atoms with van der Waals surface area (Å²) in [5.41, 5.74) is 3.05. The van der Waals surface area contributed by atoms with Crippen molar-refractivity contribution in [1.82, 2.24) is 5.32 Å². The first kappa shape index (κ1) is 14.1. The maximum absolute atomic E-state index is 12.2. The van der Waals surface area contributed by atoms with Gasteiger partial charge in [-0.15, -0.1) is 11.3 Å². The molecule has 1 aliphatic heterocycles. The van der Waals surface area contributed by atoms with Gasteiger partial charge in [-0.2, -0.15) is 0 Å². The highest BCUT2D eigenvalue weighted by atomic mass is 79.9. The lowest BCUT2D eigenvalue weighted by molar-refractivity contribution is 0.603. The maximum atomic E-state index is 12.2. The van der Waals surface area contributed by atoms with Gasteiger partial charge in [-0.1, -0.05) is 6.07 Å². The Morgan fingerprint density at radius 2 is 2.05 bits per heavy atom. The monoisotopic (exact) mass is 372 g/mol. The van der Waals surface area contributed by atoms with Gasteiger partial charge in [0.15, 0.2) is 0 Å². The number of thiophene rings is 1. The predicted octanol–water partition coefficient (Wildman–Crippen LogP) is 2.96. The van der Waals surface area contributed by atoms with Crippen LogP contribution in [0.25, 0.3) is 0 Å². The van der Waals surface area contributed by atoms with Gasteiger partial charge in [-0.05, 0) is 64.3 Å². The highest BCUT2D eigenvalue weighted by Crippen LogP contribution is 2.28. The average molecular weight is 373 g/mol. The first-order chi connectivity index (χ1) is 9.54. The van der Waals surface area contributed by atoms with Crippen LogP contribution in [-0.4, -0.2) is 15.0 Å². The van der Waals surface area contributed by atoms with Gasteiger partial charge in [0.05, 0.1) is 3.79 Å². The Morgan fingerprint density at radius 1 is 1.20 bits per heavy atom. The molecule has 0 aliphatic carbocycles. The molecule has 1 aromatic heterocycles. The lowest BCUT2D eigenvalue weighted by Crippen LogP contribution is -2.23. The van der Waals surface area contributed by atoms with Crippen molar-refractivity contribution in [3.8, 4) is 0 Å². The van der Waals surface area contributed by atoms with Crippen LogP contribution in [0.4, 0.5) is 5.69 Å². The summed E-state index contributed by atoms with van der Waals surface area (Å²) in [5, 5.41) is 3.28. The first-order valence-electron chi connectivity index (χ1n) is 6.15. The number of fused-ring (bicyclic) bond motifs is 1. The number of nitrogens with one attached hydrogen (secondary N) is 2. The van der Waals surface area contributed by atoms with E-state index >= 15 is 0 Å². The normalized spacial score (nSPS) is 14.8. The molecule has 2 heterocycles. The maximum Gasteiger partial charge on any atom is 0.271 e. The molecule has 0 bridgehead atoms. The van der Waals surface area contributed by atoms with Crippen LogP contribution >= 0.6 is 27.3 Å². The SMILES string of the molecule is O=S(=O)(Nc1ccc2c(c1)CNCC2)c1ccc(Br)s1. The van der Waals surface area contributed by atoms with Crippen LogP contribution in [-0.2, 0) is 23.0 Å². The van der Waals surface area contributed by atoms with Gasteiger partial charge >= 0.3 is 0 Å². The highest BCUT2D eigenvalue weighted by molar-refractivity contribution is 9.11. The molecule has 0 fully saturated rings. The molecule has 2 aromatic rings. The number of benzene rings is 1. The Labute approximate surface area is 130 Å². The number of hydrogen-bond acceptors (Lipinski definition) is 4. The van der Waals surface area contributed by atoms with E-state index < -0.39 is 10.0 Å². The number of halogens is 1. The lowest BCUT2D eigenvalue weighted by atomic mass is 10.0. The third-order valence-corrected chi connectivity index (χ3v) is 6.66. The minimum absolute atomic E-state index is 0.306. The van der Waals surface area contributed by atoms with Crippen molar-refractivity contribution in [3.05, 3.63) is 45.2 Å². The third-order valence-electron chi connectivity index (χ3n) is 3.16. The molecule has 0 saturated heterocycles. The van der Waals surface area contributed by atoms with Crippen molar-refractivity contribution < 1.29 is 8.42 Å². The molecule has 4 nitrogen and oxygen atoms in total. The Balaban J connectivity index is 1.87. The van der Waals surface area contributed by atoms with Gasteiger partial charge in [0.1, 0.15) is 4.21 Å². The van der Waals surface area contributed by atoms with E-state index in [0.29, 0.717) is 9.90 Å². The largest absolute Gasteiger partial charge is 0.312 e. The fourth-order valence-corrected chi connectivity index (χ4v) is 5.25. The van der Waals surface area contributed by atoms with Gasteiger partial charge in [-0.25, -0.2) is 8.42 Å². The van der Waals surface area contributed by atoms with E-state index in [9.17, 15) is 8.42 Å². The van der Waals surface area contributed by atoms with E-state index in [0.717, 1.165) is 28.9 Å². The van der Waals surface area contributed by atoms with E-state index in [1.54, 1.807) is 12.1 Å². The molecular formula is C13H13BrN2O2S2. The Morgan fingerprint density at radius 3 is 2.80 bits per heavy atom. The lowest BCUT2D eigenvalue weighted by Gasteiger charge is -2.18. The van der Waals surface area contributed by atoms with E-state index in [2.05, 4.69) is 26.0 Å². The van der Waals surface area contributed by atoms with Gasteiger partial charge < -0.3 is 5.32 Å². The second-order valence-corrected chi connectivity index (χ2v) is 8.95. The van der Waals surface area contributed by atoms with Crippen LogP contribution in [0.1, 0.15) is 11.1 Å².